The second kappa shape index (κ2) is 16.1. The molecule has 1 aliphatic carbocycles. The molecule has 5 atom stereocenters. The Hall–Kier alpha value is -5.25. The van der Waals surface area contributed by atoms with Gasteiger partial charge in [-0.25, -0.2) is 19.6 Å². The molecule has 1 aromatic carbocycles. The van der Waals surface area contributed by atoms with Gasteiger partial charge in [-0.3, -0.25) is 14.4 Å². The third-order valence-corrected chi connectivity index (χ3v) is 10.6. The van der Waals surface area contributed by atoms with Crippen LogP contribution in [0.3, 0.4) is 0 Å². The first-order valence-electron chi connectivity index (χ1n) is 18.8. The molecule has 56 heavy (non-hydrogen) atoms. The first-order valence-corrected chi connectivity index (χ1v) is 19.7. The van der Waals surface area contributed by atoms with Gasteiger partial charge >= 0.3 is 12.1 Å². The van der Waals surface area contributed by atoms with Gasteiger partial charge < -0.3 is 40.3 Å². The van der Waals surface area contributed by atoms with Gasteiger partial charge in [0.1, 0.15) is 40.8 Å². The molecule has 2 aromatic heterocycles. The van der Waals surface area contributed by atoms with Gasteiger partial charge in [-0.15, -0.1) is 17.9 Å². The lowest BCUT2D eigenvalue weighted by molar-refractivity contribution is -0.146. The van der Waals surface area contributed by atoms with Gasteiger partial charge in [-0.1, -0.05) is 26.8 Å². The maximum Gasteiger partial charge on any atom is 0.408 e. The summed E-state index contributed by atoms with van der Waals surface area (Å²) in [5.41, 5.74) is -0.598. The topological polar surface area (TPSA) is 192 Å². The van der Waals surface area contributed by atoms with Crippen LogP contribution in [0, 0.1) is 11.3 Å². The maximum absolute atomic E-state index is 14.6. The van der Waals surface area contributed by atoms with E-state index in [0.717, 1.165) is 18.8 Å². The van der Waals surface area contributed by atoms with Gasteiger partial charge in [0.05, 0.1) is 17.8 Å². The summed E-state index contributed by atoms with van der Waals surface area (Å²) < 4.78 is 12.2. The van der Waals surface area contributed by atoms with Crippen LogP contribution in [-0.2, 0) is 23.9 Å². The Morgan fingerprint density at radius 3 is 2.36 bits per heavy atom. The number of hydrogen-bond acceptors (Lipinski definition) is 11. The SMILES string of the molecule is C=C[C@H]1CC1(NC(=O)[C@@H]1C[C@@H](Oc2cc(-c3csc(NC(C)=O)n3)nc3cc(N(CC)CC)ccc23)CN1C(=O)[C@@H](NC(=O)OC(C)(C)C)C(C)(C)C)C(=O)O. The van der Waals surface area contributed by atoms with Gasteiger partial charge in [0.15, 0.2) is 5.13 Å². The third-order valence-electron chi connectivity index (χ3n) is 9.88. The van der Waals surface area contributed by atoms with Crippen molar-refractivity contribution in [1.82, 2.24) is 25.5 Å². The predicted molar refractivity (Wildman–Crippen MR) is 215 cm³/mol. The van der Waals surface area contributed by atoms with Crippen LogP contribution in [-0.4, -0.2) is 98.7 Å². The number of carbonyl (C=O) groups is 5. The molecule has 4 N–H and O–H groups in total. The molecule has 1 aliphatic heterocycles. The standard InChI is InChI=1S/C40H53N7O8S/c1-11-23-19-40(23,35(51)52)45-33(49)30-17-25(20-47(30)34(50)32(38(5,6)7)44-37(53)55-39(8,9)10)54-31-18-28(29-21-56-36(43-29)41-22(4)48)42-27-16-24(14-15-26(27)31)46(12-2)13-3/h11,14-16,18,21,23,25,30,32H,1,12-13,17,19-20H2,2-10H3,(H,44,53)(H,45,49)(H,51,52)(H,41,43,48)/t23-,25+,30-,32+,40?/m0/s1. The Labute approximate surface area is 331 Å². The summed E-state index contributed by atoms with van der Waals surface area (Å²) in [6.45, 7) is 21.3. The van der Waals surface area contributed by atoms with Gasteiger partial charge in [0.25, 0.3) is 0 Å². The predicted octanol–water partition coefficient (Wildman–Crippen LogP) is 5.60. The number of hydrogen-bond donors (Lipinski definition) is 4. The van der Waals surface area contributed by atoms with Crippen molar-refractivity contribution < 1.29 is 38.6 Å². The van der Waals surface area contributed by atoms with Crippen molar-refractivity contribution in [2.75, 3.05) is 29.9 Å². The number of nitrogens with one attached hydrogen (secondary N) is 3. The van der Waals surface area contributed by atoms with E-state index in [1.165, 1.54) is 29.2 Å². The van der Waals surface area contributed by atoms with Crippen molar-refractivity contribution in [3.05, 3.63) is 42.3 Å². The highest BCUT2D eigenvalue weighted by Gasteiger charge is 2.61. The van der Waals surface area contributed by atoms with Crippen LogP contribution in [0.2, 0.25) is 0 Å². The zero-order chi connectivity index (χ0) is 41.3. The number of likely N-dealkylation sites (tertiary alicyclic amines) is 1. The minimum absolute atomic E-state index is 0.0232. The fraction of sp³-hybridized carbons (Fsp3) is 0.525. The van der Waals surface area contributed by atoms with E-state index < -0.39 is 64.5 Å². The van der Waals surface area contributed by atoms with Crippen LogP contribution in [0.4, 0.5) is 15.6 Å². The van der Waals surface area contributed by atoms with E-state index in [9.17, 15) is 29.1 Å². The molecule has 1 unspecified atom stereocenters. The van der Waals surface area contributed by atoms with E-state index in [4.69, 9.17) is 14.5 Å². The van der Waals surface area contributed by atoms with Gasteiger partial charge in [-0.2, -0.15) is 0 Å². The molecule has 5 rings (SSSR count). The molecule has 0 radical (unpaired) electrons. The number of ether oxygens (including phenoxy) is 2. The second-order valence-corrected chi connectivity index (χ2v) is 17.2. The van der Waals surface area contributed by atoms with Crippen molar-refractivity contribution in [2.45, 2.75) is 104 Å². The molecule has 1 saturated carbocycles. The fourth-order valence-electron chi connectivity index (χ4n) is 6.91. The van der Waals surface area contributed by atoms with Crippen LogP contribution in [0.25, 0.3) is 22.3 Å². The number of amides is 4. The highest BCUT2D eigenvalue weighted by Crippen LogP contribution is 2.45. The summed E-state index contributed by atoms with van der Waals surface area (Å²) in [6, 6.07) is 5.35. The van der Waals surface area contributed by atoms with Crippen molar-refractivity contribution in [2.24, 2.45) is 11.3 Å². The molecule has 0 spiro atoms. The smallest absolute Gasteiger partial charge is 0.408 e. The molecular formula is C40H53N7O8S. The number of nitrogens with zero attached hydrogens (tertiary/aromatic N) is 4. The first-order chi connectivity index (χ1) is 26.2. The van der Waals surface area contributed by atoms with Gasteiger partial charge in [-0.05, 0) is 64.7 Å². The van der Waals surface area contributed by atoms with Gasteiger partial charge in [0, 0.05) is 54.9 Å². The Balaban J connectivity index is 1.54. The molecule has 16 heteroatoms. The van der Waals surface area contributed by atoms with Crippen molar-refractivity contribution in [3.63, 3.8) is 0 Å². The largest absolute Gasteiger partial charge is 0.488 e. The highest BCUT2D eigenvalue weighted by molar-refractivity contribution is 7.14. The molecular weight excluding hydrogens is 739 g/mol. The average Bonchev–Trinajstić information content (AvgIpc) is 3.37. The Kier molecular flexibility index (Phi) is 12.0. The molecule has 302 valence electrons. The number of anilines is 2. The molecule has 3 heterocycles. The van der Waals surface area contributed by atoms with Crippen LogP contribution < -0.4 is 25.6 Å². The number of carboxylic acid groups (broad SMARTS) is 1. The van der Waals surface area contributed by atoms with Crippen molar-refractivity contribution >= 4 is 62.8 Å². The van der Waals surface area contributed by atoms with Crippen molar-refractivity contribution in [1.29, 1.82) is 0 Å². The van der Waals surface area contributed by atoms with Crippen LogP contribution in [0.1, 0.15) is 75.2 Å². The summed E-state index contributed by atoms with van der Waals surface area (Å²) in [5, 5.41) is 21.1. The molecule has 0 bridgehead atoms. The lowest BCUT2D eigenvalue weighted by Crippen LogP contribution is -2.59. The molecule has 2 fully saturated rings. The van der Waals surface area contributed by atoms with E-state index in [-0.39, 0.29) is 25.3 Å². The summed E-state index contributed by atoms with van der Waals surface area (Å²) in [7, 11) is 0. The van der Waals surface area contributed by atoms with Gasteiger partial charge in [0.2, 0.25) is 17.7 Å². The summed E-state index contributed by atoms with van der Waals surface area (Å²) >= 11 is 1.26. The van der Waals surface area contributed by atoms with Crippen molar-refractivity contribution in [3.8, 4) is 17.1 Å². The summed E-state index contributed by atoms with van der Waals surface area (Å²) in [6.07, 6.45) is 0.162. The Bertz CT molecular complexity index is 2020. The van der Waals surface area contributed by atoms with Crippen LogP contribution in [0.5, 0.6) is 5.75 Å². The second-order valence-electron chi connectivity index (χ2n) is 16.3. The quantitative estimate of drug-likeness (QED) is 0.158. The van der Waals surface area contributed by atoms with Crippen LogP contribution in [0.15, 0.2) is 42.3 Å². The first kappa shape index (κ1) is 41.9. The third kappa shape index (κ3) is 9.23. The zero-order valence-corrected chi connectivity index (χ0v) is 34.3. The molecule has 4 amide bonds. The summed E-state index contributed by atoms with van der Waals surface area (Å²) in [5.74, 6) is -2.70. The average molecular weight is 792 g/mol. The number of rotatable bonds is 13. The zero-order valence-electron chi connectivity index (χ0n) is 33.5. The monoisotopic (exact) mass is 791 g/mol. The van der Waals surface area contributed by atoms with Crippen LogP contribution >= 0.6 is 11.3 Å². The van der Waals surface area contributed by atoms with E-state index in [2.05, 4.69) is 46.3 Å². The maximum atomic E-state index is 14.6. The fourth-order valence-corrected chi connectivity index (χ4v) is 7.66. The number of aromatic nitrogens is 2. The van der Waals surface area contributed by atoms with E-state index in [0.29, 0.717) is 33.2 Å². The minimum atomic E-state index is -1.53. The molecule has 3 aromatic rings. The van der Waals surface area contributed by atoms with E-state index in [1.54, 1.807) is 53.0 Å². The molecule has 1 saturated heterocycles. The lowest BCUT2D eigenvalue weighted by atomic mass is 9.85. The minimum Gasteiger partial charge on any atom is -0.488 e. The highest BCUT2D eigenvalue weighted by atomic mass is 32.1. The number of carbonyl (C=O) groups excluding carboxylic acids is 4. The normalized spacial score (nSPS) is 21.2. The Morgan fingerprint density at radius 2 is 1.79 bits per heavy atom. The number of pyridine rings is 1. The lowest BCUT2D eigenvalue weighted by Gasteiger charge is -2.35. The van der Waals surface area contributed by atoms with E-state index in [1.807, 2.05) is 18.2 Å². The number of carboxylic acids is 1. The van der Waals surface area contributed by atoms with E-state index >= 15 is 0 Å². The number of aliphatic carboxylic acids is 1. The number of alkyl carbamates (subject to hydrolysis) is 1. The number of benzene rings is 1. The number of fused-ring (bicyclic) bond motifs is 1. The molecule has 2 aliphatic rings. The Morgan fingerprint density at radius 1 is 1.09 bits per heavy atom. The molecule has 15 nitrogen and oxygen atoms in total. The number of thiazole rings is 1. The summed E-state index contributed by atoms with van der Waals surface area (Å²) in [4.78, 5) is 78.9.